The number of aromatic nitrogens is 3. The average Bonchev–Trinajstić information content (AvgIpc) is 3.08. The summed E-state index contributed by atoms with van der Waals surface area (Å²) in [4.78, 5) is 28.2. The maximum atomic E-state index is 12.5. The van der Waals surface area contributed by atoms with Crippen LogP contribution in [0.15, 0.2) is 49.1 Å². The Hall–Kier alpha value is -3.19. The highest BCUT2D eigenvalue weighted by molar-refractivity contribution is 6.34. The summed E-state index contributed by atoms with van der Waals surface area (Å²) in [6.45, 7) is 0. The summed E-state index contributed by atoms with van der Waals surface area (Å²) >= 11 is 6.07. The van der Waals surface area contributed by atoms with E-state index in [1.54, 1.807) is 29.2 Å². The van der Waals surface area contributed by atoms with Gasteiger partial charge >= 0.3 is 5.97 Å². The van der Waals surface area contributed by atoms with E-state index in [0.29, 0.717) is 11.3 Å². The van der Waals surface area contributed by atoms with Crippen molar-refractivity contribution < 1.29 is 14.3 Å². The highest BCUT2D eigenvalue weighted by atomic mass is 35.5. The first-order valence-corrected chi connectivity index (χ1v) is 7.99. The first-order chi connectivity index (χ1) is 12.5. The third kappa shape index (κ3) is 3.73. The third-order valence-electron chi connectivity index (χ3n) is 3.67. The molecule has 8 heteroatoms. The van der Waals surface area contributed by atoms with Crippen molar-refractivity contribution in [2.75, 3.05) is 12.4 Å². The van der Waals surface area contributed by atoms with Crippen molar-refractivity contribution in [2.45, 2.75) is 0 Å². The molecule has 0 saturated carbocycles. The van der Waals surface area contributed by atoms with Crippen molar-refractivity contribution in [3.63, 3.8) is 0 Å². The number of rotatable bonds is 4. The van der Waals surface area contributed by atoms with Crippen LogP contribution in [0.3, 0.4) is 0 Å². The lowest BCUT2D eigenvalue weighted by Gasteiger charge is -2.08. The first-order valence-electron chi connectivity index (χ1n) is 7.61. The molecule has 0 aliphatic heterocycles. The topological polar surface area (TPSA) is 86.1 Å². The third-order valence-corrected chi connectivity index (χ3v) is 3.98. The maximum Gasteiger partial charge on any atom is 0.339 e. The molecule has 3 aromatic rings. The molecule has 0 atom stereocenters. The normalized spacial score (nSPS) is 10.4. The predicted octanol–water partition coefficient (Wildman–Crippen LogP) is 3.17. The van der Waals surface area contributed by atoms with E-state index in [-0.39, 0.29) is 16.5 Å². The monoisotopic (exact) mass is 370 g/mol. The van der Waals surface area contributed by atoms with Crippen molar-refractivity contribution in [3.05, 3.63) is 65.2 Å². The van der Waals surface area contributed by atoms with Crippen LogP contribution in [-0.4, -0.2) is 33.8 Å². The van der Waals surface area contributed by atoms with Crippen LogP contribution in [0, 0.1) is 0 Å². The number of pyridine rings is 1. The Morgan fingerprint density at radius 2 is 1.96 bits per heavy atom. The van der Waals surface area contributed by atoms with E-state index in [1.807, 2.05) is 13.2 Å². The molecular weight excluding hydrogens is 356 g/mol. The van der Waals surface area contributed by atoms with Gasteiger partial charge < -0.3 is 10.1 Å². The molecule has 1 aromatic carbocycles. The van der Waals surface area contributed by atoms with Gasteiger partial charge in [-0.25, -0.2) is 4.79 Å². The molecule has 0 spiro atoms. The van der Waals surface area contributed by atoms with Crippen molar-refractivity contribution in [1.82, 2.24) is 14.8 Å². The smallest absolute Gasteiger partial charge is 0.339 e. The zero-order valence-corrected chi connectivity index (χ0v) is 14.8. The van der Waals surface area contributed by atoms with Crippen molar-refractivity contribution in [1.29, 1.82) is 0 Å². The predicted molar refractivity (Wildman–Crippen MR) is 97.2 cm³/mol. The minimum Gasteiger partial charge on any atom is -0.465 e. The van der Waals surface area contributed by atoms with E-state index in [2.05, 4.69) is 20.1 Å². The number of esters is 1. The van der Waals surface area contributed by atoms with E-state index < -0.39 is 5.97 Å². The quantitative estimate of drug-likeness (QED) is 0.713. The van der Waals surface area contributed by atoms with E-state index in [9.17, 15) is 9.59 Å². The van der Waals surface area contributed by atoms with Crippen LogP contribution < -0.4 is 5.32 Å². The minimum absolute atomic E-state index is 0.192. The van der Waals surface area contributed by atoms with Gasteiger partial charge in [0.15, 0.2) is 0 Å². The highest BCUT2D eigenvalue weighted by Crippen LogP contribution is 2.23. The summed E-state index contributed by atoms with van der Waals surface area (Å²) in [6, 6.07) is 6.29. The van der Waals surface area contributed by atoms with Gasteiger partial charge in [-0.3, -0.25) is 14.5 Å². The number of ether oxygens (including phenoxy) is 1. The molecule has 2 aromatic heterocycles. The number of benzene rings is 1. The van der Waals surface area contributed by atoms with E-state index in [0.717, 1.165) is 11.1 Å². The molecule has 0 unspecified atom stereocenters. The van der Waals surface area contributed by atoms with Gasteiger partial charge in [-0.05, 0) is 24.3 Å². The molecule has 0 bridgehead atoms. The largest absolute Gasteiger partial charge is 0.465 e. The number of amides is 1. The number of carbonyl (C=O) groups excluding carboxylic acids is 2. The van der Waals surface area contributed by atoms with Crippen LogP contribution in [0.25, 0.3) is 11.1 Å². The Morgan fingerprint density at radius 3 is 2.62 bits per heavy atom. The Kier molecular flexibility index (Phi) is 4.99. The molecule has 1 amide bonds. The number of hydrogen-bond donors (Lipinski definition) is 1. The number of aryl methyl sites for hydroxylation is 1. The molecule has 1 N–H and O–H groups in total. The number of nitrogens with zero attached hydrogens (tertiary/aromatic N) is 3. The number of anilines is 1. The van der Waals surface area contributed by atoms with Gasteiger partial charge in [0.2, 0.25) is 0 Å². The molecule has 7 nitrogen and oxygen atoms in total. The number of nitrogens with one attached hydrogen (secondary N) is 1. The van der Waals surface area contributed by atoms with Gasteiger partial charge in [-0.2, -0.15) is 5.10 Å². The highest BCUT2D eigenvalue weighted by Gasteiger charge is 2.13. The van der Waals surface area contributed by atoms with E-state index >= 15 is 0 Å². The zero-order valence-electron chi connectivity index (χ0n) is 14.1. The zero-order chi connectivity index (χ0) is 18.7. The fourth-order valence-corrected chi connectivity index (χ4v) is 2.62. The van der Waals surface area contributed by atoms with Gasteiger partial charge in [0, 0.05) is 42.5 Å². The first kappa shape index (κ1) is 17.6. The molecule has 132 valence electrons. The second-order valence-electron chi connectivity index (χ2n) is 5.51. The SMILES string of the molecule is COC(=O)c1ccc(NC(=O)c2cncc(-c3cnn(C)c3)c2)cc1Cl. The van der Waals surface area contributed by atoms with Gasteiger partial charge in [-0.1, -0.05) is 11.6 Å². The van der Waals surface area contributed by atoms with E-state index in [4.69, 9.17) is 11.6 Å². The van der Waals surface area contributed by atoms with Crippen LogP contribution in [0.1, 0.15) is 20.7 Å². The molecule has 2 heterocycles. The Bertz CT molecular complexity index is 984. The summed E-state index contributed by atoms with van der Waals surface area (Å²) in [7, 11) is 3.09. The van der Waals surface area contributed by atoms with Crippen LogP contribution >= 0.6 is 11.6 Å². The second-order valence-corrected chi connectivity index (χ2v) is 5.91. The molecule has 0 fully saturated rings. The van der Waals surface area contributed by atoms with Crippen LogP contribution in [0.4, 0.5) is 5.69 Å². The summed E-state index contributed by atoms with van der Waals surface area (Å²) < 4.78 is 6.31. The van der Waals surface area contributed by atoms with Crippen LogP contribution in [-0.2, 0) is 11.8 Å². The number of carbonyl (C=O) groups is 2. The van der Waals surface area contributed by atoms with Crippen molar-refractivity contribution >= 4 is 29.2 Å². The average molecular weight is 371 g/mol. The lowest BCUT2D eigenvalue weighted by Crippen LogP contribution is -2.12. The van der Waals surface area contributed by atoms with Crippen LogP contribution in [0.5, 0.6) is 0 Å². The summed E-state index contributed by atoms with van der Waals surface area (Å²) in [5, 5.41) is 7.03. The molecule has 0 aliphatic carbocycles. The molecule has 0 radical (unpaired) electrons. The summed E-state index contributed by atoms with van der Waals surface area (Å²) in [5.74, 6) is -0.883. The van der Waals surface area contributed by atoms with Crippen molar-refractivity contribution in [3.8, 4) is 11.1 Å². The standard InChI is InChI=1S/C18H15ClN4O3/c1-23-10-13(9-21-23)11-5-12(8-20-7-11)17(24)22-14-3-4-15(16(19)6-14)18(25)26-2/h3-10H,1-2H3,(H,22,24). The fourth-order valence-electron chi connectivity index (χ4n) is 2.36. The van der Waals surface area contributed by atoms with Gasteiger partial charge in [0.05, 0.1) is 29.5 Å². The molecule has 0 aliphatic rings. The Labute approximate surface area is 154 Å². The van der Waals surface area contributed by atoms with Gasteiger partial charge in [0.25, 0.3) is 5.91 Å². The molecular formula is C18H15ClN4O3. The number of halogens is 1. The summed E-state index contributed by atoms with van der Waals surface area (Å²) in [6.07, 6.45) is 6.67. The Balaban J connectivity index is 1.80. The second kappa shape index (κ2) is 7.37. The van der Waals surface area contributed by atoms with Crippen molar-refractivity contribution in [2.24, 2.45) is 7.05 Å². The molecule has 26 heavy (non-hydrogen) atoms. The van der Waals surface area contributed by atoms with Gasteiger partial charge in [-0.15, -0.1) is 0 Å². The number of hydrogen-bond acceptors (Lipinski definition) is 5. The summed E-state index contributed by atoms with van der Waals surface area (Å²) in [5.41, 5.74) is 2.72. The molecule has 3 rings (SSSR count). The number of methoxy groups -OCH3 is 1. The lowest BCUT2D eigenvalue weighted by molar-refractivity contribution is 0.0601. The van der Waals surface area contributed by atoms with Crippen LogP contribution in [0.2, 0.25) is 5.02 Å². The molecule has 0 saturated heterocycles. The maximum absolute atomic E-state index is 12.5. The minimum atomic E-state index is -0.541. The Morgan fingerprint density at radius 1 is 1.15 bits per heavy atom. The van der Waals surface area contributed by atoms with Gasteiger partial charge in [0.1, 0.15) is 0 Å². The fraction of sp³-hybridized carbons (Fsp3) is 0.111. The lowest BCUT2D eigenvalue weighted by atomic mass is 10.1. The van der Waals surface area contributed by atoms with E-state index in [1.165, 1.54) is 25.4 Å².